The van der Waals surface area contributed by atoms with E-state index in [-0.39, 0.29) is 5.97 Å². The Morgan fingerprint density at radius 3 is 2.42 bits per heavy atom. The lowest BCUT2D eigenvalue weighted by molar-refractivity contribution is -0.688. The SMILES string of the molecule is CCCOC(=O)c1ccc(C[n+]2ccccc2)cc1. The molecular formula is C16H18NO2+. The van der Waals surface area contributed by atoms with E-state index in [2.05, 4.69) is 4.57 Å². The van der Waals surface area contributed by atoms with E-state index in [4.69, 9.17) is 4.74 Å². The van der Waals surface area contributed by atoms with Gasteiger partial charge < -0.3 is 4.74 Å². The van der Waals surface area contributed by atoms with Gasteiger partial charge in [-0.3, -0.25) is 0 Å². The zero-order chi connectivity index (χ0) is 13.5. The second kappa shape index (κ2) is 6.69. The van der Waals surface area contributed by atoms with Crippen LogP contribution in [0.1, 0.15) is 29.3 Å². The predicted molar refractivity (Wildman–Crippen MR) is 72.8 cm³/mol. The zero-order valence-electron chi connectivity index (χ0n) is 11.1. The standard InChI is InChI=1S/C16H18NO2/c1-2-12-19-16(18)15-8-6-14(7-9-15)13-17-10-4-3-5-11-17/h3-11H,2,12-13H2,1H3/q+1. The van der Waals surface area contributed by atoms with Crippen LogP contribution in [0.25, 0.3) is 0 Å². The molecule has 3 heteroatoms. The van der Waals surface area contributed by atoms with Crippen LogP contribution in [0.15, 0.2) is 54.9 Å². The maximum absolute atomic E-state index is 11.6. The quantitative estimate of drug-likeness (QED) is 0.608. The van der Waals surface area contributed by atoms with Crippen molar-refractivity contribution >= 4 is 5.97 Å². The minimum atomic E-state index is -0.249. The maximum atomic E-state index is 11.6. The Labute approximate surface area is 113 Å². The van der Waals surface area contributed by atoms with Crippen LogP contribution in [-0.4, -0.2) is 12.6 Å². The van der Waals surface area contributed by atoms with E-state index in [1.54, 1.807) is 0 Å². The minimum Gasteiger partial charge on any atom is -0.462 e. The van der Waals surface area contributed by atoms with Gasteiger partial charge in [0.1, 0.15) is 0 Å². The highest BCUT2D eigenvalue weighted by molar-refractivity contribution is 5.89. The molecule has 0 aliphatic heterocycles. The van der Waals surface area contributed by atoms with Gasteiger partial charge in [-0.1, -0.05) is 25.1 Å². The number of hydrogen-bond acceptors (Lipinski definition) is 2. The second-order valence-electron chi connectivity index (χ2n) is 4.38. The molecule has 0 amide bonds. The van der Waals surface area contributed by atoms with Gasteiger partial charge in [0.2, 0.25) is 0 Å². The highest BCUT2D eigenvalue weighted by Crippen LogP contribution is 2.06. The molecule has 0 saturated heterocycles. The third-order valence-corrected chi connectivity index (χ3v) is 2.77. The number of carbonyl (C=O) groups is 1. The molecule has 0 atom stereocenters. The van der Waals surface area contributed by atoms with Crippen molar-refractivity contribution in [2.24, 2.45) is 0 Å². The molecule has 2 rings (SSSR count). The molecule has 98 valence electrons. The number of ether oxygens (including phenoxy) is 1. The normalized spacial score (nSPS) is 10.2. The molecule has 0 N–H and O–H groups in total. The molecule has 3 nitrogen and oxygen atoms in total. The van der Waals surface area contributed by atoms with Crippen LogP contribution >= 0.6 is 0 Å². The summed E-state index contributed by atoms with van der Waals surface area (Å²) in [6.45, 7) is 3.25. The molecule has 0 spiro atoms. The predicted octanol–water partition coefficient (Wildman–Crippen LogP) is 2.59. The lowest BCUT2D eigenvalue weighted by Gasteiger charge is -2.03. The molecule has 0 fully saturated rings. The fraction of sp³-hybridized carbons (Fsp3) is 0.250. The van der Waals surface area contributed by atoms with Gasteiger partial charge in [-0.05, 0) is 18.6 Å². The van der Waals surface area contributed by atoms with Crippen molar-refractivity contribution in [1.82, 2.24) is 0 Å². The first-order valence-electron chi connectivity index (χ1n) is 6.49. The van der Waals surface area contributed by atoms with E-state index in [1.165, 1.54) is 0 Å². The lowest BCUT2D eigenvalue weighted by Crippen LogP contribution is -2.32. The van der Waals surface area contributed by atoms with Gasteiger partial charge in [-0.25, -0.2) is 9.36 Å². The van der Waals surface area contributed by atoms with Crippen LogP contribution in [0, 0.1) is 0 Å². The molecule has 0 radical (unpaired) electrons. The van der Waals surface area contributed by atoms with Crippen molar-refractivity contribution in [2.75, 3.05) is 6.61 Å². The first-order valence-corrected chi connectivity index (χ1v) is 6.49. The summed E-state index contributed by atoms with van der Waals surface area (Å²) < 4.78 is 7.18. The number of aromatic nitrogens is 1. The number of pyridine rings is 1. The lowest BCUT2D eigenvalue weighted by atomic mass is 10.1. The Hall–Kier alpha value is -2.16. The summed E-state index contributed by atoms with van der Waals surface area (Å²) >= 11 is 0. The Morgan fingerprint density at radius 1 is 1.11 bits per heavy atom. The molecule has 2 aromatic rings. The van der Waals surface area contributed by atoms with Crippen LogP contribution in [0.5, 0.6) is 0 Å². The first-order chi connectivity index (χ1) is 9.29. The Bertz CT molecular complexity index is 520. The minimum absolute atomic E-state index is 0.249. The van der Waals surface area contributed by atoms with Crippen LogP contribution in [0.4, 0.5) is 0 Å². The summed E-state index contributed by atoms with van der Waals surface area (Å²) in [7, 11) is 0. The number of rotatable bonds is 5. The number of esters is 1. The fourth-order valence-corrected chi connectivity index (χ4v) is 1.77. The van der Waals surface area contributed by atoms with Crippen LogP contribution in [0.3, 0.4) is 0 Å². The van der Waals surface area contributed by atoms with Crippen molar-refractivity contribution in [1.29, 1.82) is 0 Å². The third-order valence-electron chi connectivity index (χ3n) is 2.77. The Balaban J connectivity index is 2.00. The van der Waals surface area contributed by atoms with E-state index in [0.717, 1.165) is 18.5 Å². The Kier molecular flexibility index (Phi) is 4.67. The first kappa shape index (κ1) is 13.3. The van der Waals surface area contributed by atoms with Crippen LogP contribution < -0.4 is 4.57 Å². The van der Waals surface area contributed by atoms with E-state index in [1.807, 2.05) is 61.8 Å². The number of benzene rings is 1. The number of hydrogen-bond donors (Lipinski definition) is 0. The van der Waals surface area contributed by atoms with E-state index in [9.17, 15) is 4.79 Å². The summed E-state index contributed by atoms with van der Waals surface area (Å²) in [5.74, 6) is -0.249. The van der Waals surface area contributed by atoms with Gasteiger partial charge in [0.25, 0.3) is 0 Å². The van der Waals surface area contributed by atoms with Crippen molar-refractivity contribution in [3.63, 3.8) is 0 Å². The van der Waals surface area contributed by atoms with Gasteiger partial charge in [-0.15, -0.1) is 0 Å². The zero-order valence-corrected chi connectivity index (χ0v) is 11.1. The van der Waals surface area contributed by atoms with Crippen molar-refractivity contribution in [2.45, 2.75) is 19.9 Å². The molecule has 1 aromatic heterocycles. The van der Waals surface area contributed by atoms with E-state index in [0.29, 0.717) is 12.2 Å². The molecular weight excluding hydrogens is 238 g/mol. The summed E-state index contributed by atoms with van der Waals surface area (Å²) in [6.07, 6.45) is 4.88. The third kappa shape index (κ3) is 3.91. The van der Waals surface area contributed by atoms with E-state index < -0.39 is 0 Å². The molecule has 0 aliphatic rings. The highest BCUT2D eigenvalue weighted by atomic mass is 16.5. The average Bonchev–Trinajstić information content (AvgIpc) is 2.46. The Morgan fingerprint density at radius 2 is 1.79 bits per heavy atom. The molecule has 0 unspecified atom stereocenters. The summed E-state index contributed by atoms with van der Waals surface area (Å²) in [4.78, 5) is 11.6. The van der Waals surface area contributed by atoms with Gasteiger partial charge >= 0.3 is 5.97 Å². The monoisotopic (exact) mass is 256 g/mol. The van der Waals surface area contributed by atoms with E-state index >= 15 is 0 Å². The topological polar surface area (TPSA) is 30.2 Å². The van der Waals surface area contributed by atoms with Crippen LogP contribution in [-0.2, 0) is 11.3 Å². The molecule has 19 heavy (non-hydrogen) atoms. The van der Waals surface area contributed by atoms with Crippen molar-refractivity contribution in [3.05, 3.63) is 66.0 Å². The average molecular weight is 256 g/mol. The largest absolute Gasteiger partial charge is 0.462 e. The fourth-order valence-electron chi connectivity index (χ4n) is 1.77. The maximum Gasteiger partial charge on any atom is 0.338 e. The number of carbonyl (C=O) groups excluding carboxylic acids is 1. The van der Waals surface area contributed by atoms with Crippen molar-refractivity contribution < 1.29 is 14.1 Å². The summed E-state index contributed by atoms with van der Waals surface area (Å²) in [6, 6.07) is 13.5. The summed E-state index contributed by atoms with van der Waals surface area (Å²) in [5, 5.41) is 0. The van der Waals surface area contributed by atoms with Gasteiger partial charge in [-0.2, -0.15) is 0 Å². The van der Waals surface area contributed by atoms with Gasteiger partial charge in [0.05, 0.1) is 12.2 Å². The molecule has 0 bridgehead atoms. The van der Waals surface area contributed by atoms with Gasteiger partial charge in [0, 0.05) is 17.7 Å². The van der Waals surface area contributed by atoms with Crippen molar-refractivity contribution in [3.8, 4) is 0 Å². The molecule has 0 saturated carbocycles. The van der Waals surface area contributed by atoms with Crippen LogP contribution in [0.2, 0.25) is 0 Å². The second-order valence-corrected chi connectivity index (χ2v) is 4.38. The van der Waals surface area contributed by atoms with Gasteiger partial charge in [0.15, 0.2) is 18.9 Å². The molecule has 1 heterocycles. The number of nitrogens with zero attached hydrogens (tertiary/aromatic N) is 1. The highest BCUT2D eigenvalue weighted by Gasteiger charge is 2.07. The molecule has 1 aromatic carbocycles. The molecule has 0 aliphatic carbocycles. The summed E-state index contributed by atoms with van der Waals surface area (Å²) in [5.41, 5.74) is 1.76. The smallest absolute Gasteiger partial charge is 0.338 e.